The van der Waals surface area contributed by atoms with Crippen molar-refractivity contribution >= 4 is 23.6 Å². The lowest BCUT2D eigenvalue weighted by atomic mass is 9.89. The minimum absolute atomic E-state index is 0.275. The summed E-state index contributed by atoms with van der Waals surface area (Å²) >= 11 is 0. The minimum Gasteiger partial charge on any atom is -0.481 e. The second kappa shape index (κ2) is 6.39. The number of rotatable bonds is 4. The summed E-state index contributed by atoms with van der Waals surface area (Å²) in [5.74, 6) is -1.72. The zero-order valence-corrected chi connectivity index (χ0v) is 12.6. The van der Waals surface area contributed by atoms with Crippen molar-refractivity contribution in [3.63, 3.8) is 0 Å². The van der Waals surface area contributed by atoms with Crippen molar-refractivity contribution in [1.29, 1.82) is 0 Å². The number of benzene rings is 1. The van der Waals surface area contributed by atoms with E-state index in [1.54, 1.807) is 6.07 Å². The third kappa shape index (κ3) is 4.91. The molecule has 0 saturated heterocycles. The number of hydrogen-bond donors (Lipinski definition) is 3. The summed E-state index contributed by atoms with van der Waals surface area (Å²) in [6.45, 7) is 6.59. The van der Waals surface area contributed by atoms with Crippen molar-refractivity contribution in [1.82, 2.24) is 5.32 Å². The number of carboxylic acids is 1. The van der Waals surface area contributed by atoms with Gasteiger partial charge >= 0.3 is 12.0 Å². The van der Waals surface area contributed by atoms with Crippen molar-refractivity contribution in [2.45, 2.75) is 34.1 Å². The van der Waals surface area contributed by atoms with Gasteiger partial charge in [0.15, 0.2) is 0 Å². The highest BCUT2D eigenvalue weighted by molar-refractivity contribution is 6.02. The Balaban J connectivity index is 2.64. The van der Waals surface area contributed by atoms with Crippen LogP contribution in [0.2, 0.25) is 0 Å². The van der Waals surface area contributed by atoms with Crippen molar-refractivity contribution in [3.8, 4) is 0 Å². The molecule has 6 nitrogen and oxygen atoms in total. The molecule has 1 aromatic rings. The Bertz CT molecular complexity index is 579. The first-order chi connectivity index (χ1) is 9.61. The Kier molecular flexibility index (Phi) is 5.07. The molecule has 3 amide bonds. The highest BCUT2D eigenvalue weighted by Gasteiger charge is 2.30. The molecule has 114 valence electrons. The highest BCUT2D eigenvalue weighted by atomic mass is 16.4. The van der Waals surface area contributed by atoms with Crippen LogP contribution in [0.3, 0.4) is 0 Å². The Labute approximate surface area is 123 Å². The fourth-order valence-electron chi connectivity index (χ4n) is 1.67. The van der Waals surface area contributed by atoms with E-state index in [4.69, 9.17) is 5.11 Å². The third-order valence-electron chi connectivity index (χ3n) is 3.08. The number of imide groups is 1. The molecule has 0 bridgehead atoms. The standard InChI is InChI=1S/C15H20N2O4/c1-9-5-6-10(2)11(7-9)16-14(21)17-12(18)8-15(3,4)13(19)20/h5-7H,8H2,1-4H3,(H,19,20)(H2,16,17,18,21). The second-order valence-corrected chi connectivity index (χ2v) is 5.69. The van der Waals surface area contributed by atoms with Crippen LogP contribution >= 0.6 is 0 Å². The minimum atomic E-state index is -1.22. The maximum Gasteiger partial charge on any atom is 0.325 e. The van der Waals surface area contributed by atoms with Crippen molar-refractivity contribution in [2.24, 2.45) is 5.41 Å². The predicted molar refractivity (Wildman–Crippen MR) is 79.1 cm³/mol. The van der Waals surface area contributed by atoms with Gasteiger partial charge in [0.25, 0.3) is 0 Å². The molecule has 3 N–H and O–H groups in total. The van der Waals surface area contributed by atoms with E-state index in [2.05, 4.69) is 10.6 Å². The zero-order valence-electron chi connectivity index (χ0n) is 12.6. The summed E-state index contributed by atoms with van der Waals surface area (Å²) in [5, 5.41) is 13.7. The van der Waals surface area contributed by atoms with Gasteiger partial charge in [-0.3, -0.25) is 14.9 Å². The molecule has 0 unspecified atom stereocenters. The Morgan fingerprint density at radius 2 is 1.81 bits per heavy atom. The van der Waals surface area contributed by atoms with E-state index in [0.717, 1.165) is 11.1 Å². The maximum absolute atomic E-state index is 11.8. The van der Waals surface area contributed by atoms with Crippen LogP contribution in [-0.2, 0) is 9.59 Å². The number of nitrogens with one attached hydrogen (secondary N) is 2. The van der Waals surface area contributed by atoms with E-state index in [9.17, 15) is 14.4 Å². The summed E-state index contributed by atoms with van der Waals surface area (Å²) in [6.07, 6.45) is -0.275. The Morgan fingerprint density at radius 1 is 1.19 bits per heavy atom. The van der Waals surface area contributed by atoms with Crippen LogP contribution < -0.4 is 10.6 Å². The largest absolute Gasteiger partial charge is 0.481 e. The number of carbonyl (C=O) groups is 3. The second-order valence-electron chi connectivity index (χ2n) is 5.69. The molecule has 0 aliphatic heterocycles. The third-order valence-corrected chi connectivity index (χ3v) is 3.08. The quantitative estimate of drug-likeness (QED) is 0.794. The SMILES string of the molecule is Cc1ccc(C)c(NC(=O)NC(=O)CC(C)(C)C(=O)O)c1. The van der Waals surface area contributed by atoms with Gasteiger partial charge in [-0.25, -0.2) is 4.79 Å². The van der Waals surface area contributed by atoms with E-state index >= 15 is 0 Å². The molecule has 0 radical (unpaired) electrons. The van der Waals surface area contributed by atoms with Gasteiger partial charge in [0.2, 0.25) is 5.91 Å². The van der Waals surface area contributed by atoms with Crippen LogP contribution in [0, 0.1) is 19.3 Å². The molecular formula is C15H20N2O4. The molecule has 0 aromatic heterocycles. The first-order valence-electron chi connectivity index (χ1n) is 6.53. The molecule has 0 aliphatic rings. The molecule has 1 aromatic carbocycles. The monoisotopic (exact) mass is 292 g/mol. The van der Waals surface area contributed by atoms with Gasteiger partial charge < -0.3 is 10.4 Å². The van der Waals surface area contributed by atoms with Gasteiger partial charge in [0, 0.05) is 12.1 Å². The number of urea groups is 1. The normalized spacial score (nSPS) is 10.9. The van der Waals surface area contributed by atoms with Crippen LogP contribution in [0.25, 0.3) is 0 Å². The van der Waals surface area contributed by atoms with E-state index in [0.29, 0.717) is 5.69 Å². The number of aliphatic carboxylic acids is 1. The number of anilines is 1. The maximum atomic E-state index is 11.8. The van der Waals surface area contributed by atoms with Crippen LogP contribution in [-0.4, -0.2) is 23.0 Å². The molecule has 6 heteroatoms. The van der Waals surface area contributed by atoms with Gasteiger partial charge in [0.05, 0.1) is 5.41 Å². The fraction of sp³-hybridized carbons (Fsp3) is 0.400. The van der Waals surface area contributed by atoms with Gasteiger partial charge in [-0.1, -0.05) is 12.1 Å². The van der Waals surface area contributed by atoms with Gasteiger partial charge in [-0.05, 0) is 44.9 Å². The van der Waals surface area contributed by atoms with Gasteiger partial charge in [0.1, 0.15) is 0 Å². The summed E-state index contributed by atoms with van der Waals surface area (Å²) in [6, 6.07) is 4.90. The molecule has 0 heterocycles. The number of hydrogen-bond acceptors (Lipinski definition) is 3. The molecule has 1 rings (SSSR count). The number of amides is 3. The molecule has 0 atom stereocenters. The van der Waals surface area contributed by atoms with Crippen molar-refractivity contribution < 1.29 is 19.5 Å². The summed E-state index contributed by atoms with van der Waals surface area (Å²) in [4.78, 5) is 34.4. The number of carboxylic acid groups (broad SMARTS) is 1. The van der Waals surface area contributed by atoms with Crippen LogP contribution in [0.5, 0.6) is 0 Å². The Morgan fingerprint density at radius 3 is 2.38 bits per heavy atom. The zero-order chi connectivity index (χ0) is 16.2. The molecule has 0 fully saturated rings. The predicted octanol–water partition coefficient (Wildman–Crippen LogP) is 2.45. The van der Waals surface area contributed by atoms with E-state index in [-0.39, 0.29) is 6.42 Å². The van der Waals surface area contributed by atoms with Crippen molar-refractivity contribution in [3.05, 3.63) is 29.3 Å². The van der Waals surface area contributed by atoms with Gasteiger partial charge in [-0.2, -0.15) is 0 Å². The highest BCUT2D eigenvalue weighted by Crippen LogP contribution is 2.20. The first kappa shape index (κ1) is 16.7. The molecule has 0 spiro atoms. The summed E-state index contributed by atoms with van der Waals surface area (Å²) < 4.78 is 0. The van der Waals surface area contributed by atoms with E-state index in [1.165, 1.54) is 13.8 Å². The van der Waals surface area contributed by atoms with Crippen LogP contribution in [0.15, 0.2) is 18.2 Å². The van der Waals surface area contributed by atoms with Gasteiger partial charge in [-0.15, -0.1) is 0 Å². The Hall–Kier alpha value is -2.37. The summed E-state index contributed by atoms with van der Waals surface area (Å²) in [7, 11) is 0. The lowest BCUT2D eigenvalue weighted by Crippen LogP contribution is -2.38. The number of aryl methyl sites for hydroxylation is 2. The van der Waals surface area contributed by atoms with Crippen molar-refractivity contribution in [2.75, 3.05) is 5.32 Å². The summed E-state index contributed by atoms with van der Waals surface area (Å²) in [5.41, 5.74) is 1.24. The van der Waals surface area contributed by atoms with E-state index < -0.39 is 23.3 Å². The first-order valence-corrected chi connectivity index (χ1v) is 6.53. The average Bonchev–Trinajstić information content (AvgIpc) is 2.32. The topological polar surface area (TPSA) is 95.5 Å². The molecule has 0 saturated carbocycles. The lowest BCUT2D eigenvalue weighted by molar-refractivity contribution is -0.149. The lowest BCUT2D eigenvalue weighted by Gasteiger charge is -2.18. The smallest absolute Gasteiger partial charge is 0.325 e. The molecular weight excluding hydrogens is 272 g/mol. The molecule has 0 aliphatic carbocycles. The average molecular weight is 292 g/mol. The number of carbonyl (C=O) groups excluding carboxylic acids is 2. The van der Waals surface area contributed by atoms with Crippen LogP contribution in [0.4, 0.5) is 10.5 Å². The molecule has 21 heavy (non-hydrogen) atoms. The van der Waals surface area contributed by atoms with Crippen LogP contribution in [0.1, 0.15) is 31.4 Å². The fourth-order valence-corrected chi connectivity index (χ4v) is 1.67. The van der Waals surface area contributed by atoms with E-state index in [1.807, 2.05) is 26.0 Å².